The molecule has 0 bridgehead atoms. The summed E-state index contributed by atoms with van der Waals surface area (Å²) in [5, 5.41) is 10.9. The molecule has 0 saturated carbocycles. The van der Waals surface area contributed by atoms with Gasteiger partial charge in [0.1, 0.15) is 6.04 Å². The highest BCUT2D eigenvalue weighted by Gasteiger charge is 2.16. The number of methoxy groups -OCH3 is 2. The van der Waals surface area contributed by atoms with Gasteiger partial charge in [0, 0.05) is 25.7 Å². The number of rotatable bonds is 9. The highest BCUT2D eigenvalue weighted by atomic mass is 32.2. The number of thioether (sulfide) groups is 1. The lowest BCUT2D eigenvalue weighted by Gasteiger charge is -2.14. The monoisotopic (exact) mass is 237 g/mol. The predicted octanol–water partition coefficient (Wildman–Crippen LogP) is -0.462. The first-order chi connectivity index (χ1) is 7.15. The lowest BCUT2D eigenvalue weighted by molar-refractivity contribution is -0.139. The number of carbonyl (C=O) groups is 2. The van der Waals surface area contributed by atoms with Crippen molar-refractivity contribution in [2.24, 2.45) is 0 Å². The van der Waals surface area contributed by atoms with Crippen molar-refractivity contribution in [1.29, 1.82) is 0 Å². The lowest BCUT2D eigenvalue weighted by atomic mass is 10.3. The van der Waals surface area contributed by atoms with Crippen molar-refractivity contribution < 1.29 is 24.2 Å². The Bertz CT molecular complexity index is 197. The first-order valence-electron chi connectivity index (χ1n) is 4.21. The van der Waals surface area contributed by atoms with Crippen molar-refractivity contribution in [3.8, 4) is 0 Å². The number of ether oxygens (including phenoxy) is 2. The Kier molecular flexibility index (Phi) is 8.06. The third-order valence-corrected chi connectivity index (χ3v) is 2.71. The fourth-order valence-corrected chi connectivity index (χ4v) is 1.86. The van der Waals surface area contributed by atoms with Gasteiger partial charge in [-0.25, -0.2) is 4.79 Å². The number of carboxylic acids is 1. The highest BCUT2D eigenvalue weighted by molar-refractivity contribution is 7.99. The van der Waals surface area contributed by atoms with Gasteiger partial charge >= 0.3 is 5.97 Å². The van der Waals surface area contributed by atoms with Crippen molar-refractivity contribution in [2.75, 3.05) is 25.7 Å². The first kappa shape index (κ1) is 14.2. The molecule has 0 saturated heterocycles. The van der Waals surface area contributed by atoms with Gasteiger partial charge < -0.3 is 19.9 Å². The van der Waals surface area contributed by atoms with Crippen LogP contribution in [0.5, 0.6) is 0 Å². The maximum Gasteiger partial charge on any atom is 0.327 e. The van der Waals surface area contributed by atoms with Gasteiger partial charge in [0.2, 0.25) is 6.41 Å². The van der Waals surface area contributed by atoms with E-state index >= 15 is 0 Å². The maximum absolute atomic E-state index is 10.6. The van der Waals surface area contributed by atoms with E-state index in [2.05, 4.69) is 5.32 Å². The smallest absolute Gasteiger partial charge is 0.327 e. The minimum atomic E-state index is -1.05. The summed E-state index contributed by atoms with van der Waals surface area (Å²) < 4.78 is 9.84. The molecular formula is C8H15NO5S. The van der Waals surface area contributed by atoms with Crippen LogP contribution < -0.4 is 5.32 Å². The van der Waals surface area contributed by atoms with E-state index in [0.717, 1.165) is 0 Å². The molecule has 0 aliphatic carbocycles. The normalized spacial score (nSPS) is 12.5. The summed E-state index contributed by atoms with van der Waals surface area (Å²) in [7, 11) is 3.01. The van der Waals surface area contributed by atoms with Crippen LogP contribution >= 0.6 is 11.8 Å². The largest absolute Gasteiger partial charge is 0.480 e. The topological polar surface area (TPSA) is 84.9 Å². The summed E-state index contributed by atoms with van der Waals surface area (Å²) in [6, 6.07) is -0.873. The molecule has 7 heteroatoms. The van der Waals surface area contributed by atoms with Crippen molar-refractivity contribution in [1.82, 2.24) is 5.32 Å². The average Bonchev–Trinajstić information content (AvgIpc) is 2.22. The third kappa shape index (κ3) is 6.32. The van der Waals surface area contributed by atoms with E-state index in [0.29, 0.717) is 12.2 Å². The SMILES string of the molecule is COC(CSCC(NC=O)C(=O)O)OC. The van der Waals surface area contributed by atoms with Gasteiger partial charge in [-0.2, -0.15) is 11.8 Å². The molecule has 88 valence electrons. The molecular weight excluding hydrogens is 222 g/mol. The van der Waals surface area contributed by atoms with E-state index in [1.807, 2.05) is 0 Å². The minimum Gasteiger partial charge on any atom is -0.480 e. The zero-order valence-corrected chi connectivity index (χ0v) is 9.45. The van der Waals surface area contributed by atoms with Gasteiger partial charge in [0.15, 0.2) is 6.29 Å². The van der Waals surface area contributed by atoms with Crippen LogP contribution in [0.4, 0.5) is 0 Å². The van der Waals surface area contributed by atoms with E-state index in [-0.39, 0.29) is 12.0 Å². The molecule has 2 N–H and O–H groups in total. The first-order valence-corrected chi connectivity index (χ1v) is 5.37. The lowest BCUT2D eigenvalue weighted by Crippen LogP contribution is -2.38. The van der Waals surface area contributed by atoms with Crippen LogP contribution in [0.25, 0.3) is 0 Å². The third-order valence-electron chi connectivity index (χ3n) is 1.63. The quantitative estimate of drug-likeness (QED) is 0.417. The predicted molar refractivity (Wildman–Crippen MR) is 55.8 cm³/mol. The van der Waals surface area contributed by atoms with Gasteiger partial charge in [-0.05, 0) is 0 Å². The fraction of sp³-hybridized carbons (Fsp3) is 0.750. The Morgan fingerprint density at radius 3 is 2.47 bits per heavy atom. The summed E-state index contributed by atoms with van der Waals surface area (Å²) in [4.78, 5) is 20.7. The zero-order chi connectivity index (χ0) is 11.7. The Labute approximate surface area is 92.3 Å². The van der Waals surface area contributed by atoms with E-state index in [1.54, 1.807) is 0 Å². The van der Waals surface area contributed by atoms with Gasteiger partial charge in [0.05, 0.1) is 0 Å². The van der Waals surface area contributed by atoms with E-state index in [9.17, 15) is 9.59 Å². The van der Waals surface area contributed by atoms with Crippen LogP contribution in [0, 0.1) is 0 Å². The fourth-order valence-electron chi connectivity index (χ4n) is 0.787. The van der Waals surface area contributed by atoms with Crippen LogP contribution in [0.2, 0.25) is 0 Å². The molecule has 0 aliphatic rings. The number of carbonyl (C=O) groups excluding carboxylic acids is 1. The molecule has 1 atom stereocenters. The van der Waals surface area contributed by atoms with Crippen LogP contribution in [0.3, 0.4) is 0 Å². The van der Waals surface area contributed by atoms with E-state index in [1.165, 1.54) is 26.0 Å². The van der Waals surface area contributed by atoms with E-state index < -0.39 is 12.0 Å². The minimum absolute atomic E-state index is 0.275. The molecule has 0 heterocycles. The summed E-state index contributed by atoms with van der Waals surface area (Å²) in [6.45, 7) is 0. The number of nitrogens with one attached hydrogen (secondary N) is 1. The van der Waals surface area contributed by atoms with Gasteiger partial charge in [0.25, 0.3) is 0 Å². The second-order valence-corrected chi connectivity index (χ2v) is 3.69. The van der Waals surface area contributed by atoms with Gasteiger partial charge in [-0.15, -0.1) is 0 Å². The molecule has 0 spiro atoms. The van der Waals surface area contributed by atoms with Crippen LogP contribution in [-0.4, -0.2) is 55.5 Å². The number of hydrogen-bond acceptors (Lipinski definition) is 5. The number of carboxylic acid groups (broad SMARTS) is 1. The summed E-state index contributed by atoms with van der Waals surface area (Å²) in [5.41, 5.74) is 0. The molecule has 1 amide bonds. The van der Waals surface area contributed by atoms with Gasteiger partial charge in [-0.1, -0.05) is 0 Å². The molecule has 0 aromatic rings. The molecule has 6 nitrogen and oxygen atoms in total. The van der Waals surface area contributed by atoms with Crippen molar-refractivity contribution in [2.45, 2.75) is 12.3 Å². The van der Waals surface area contributed by atoms with E-state index in [4.69, 9.17) is 14.6 Å². The average molecular weight is 237 g/mol. The molecule has 15 heavy (non-hydrogen) atoms. The summed E-state index contributed by atoms with van der Waals surface area (Å²) in [6.07, 6.45) is 0.0180. The highest BCUT2D eigenvalue weighted by Crippen LogP contribution is 2.07. The van der Waals surface area contributed by atoms with Crippen molar-refractivity contribution in [3.63, 3.8) is 0 Å². The molecule has 0 rings (SSSR count). The van der Waals surface area contributed by atoms with Crippen LogP contribution in [-0.2, 0) is 19.1 Å². The summed E-state index contributed by atoms with van der Waals surface area (Å²) in [5.74, 6) is -0.268. The molecule has 0 aliphatic heterocycles. The Morgan fingerprint density at radius 1 is 1.47 bits per heavy atom. The Balaban J connectivity index is 3.79. The Morgan fingerprint density at radius 2 is 2.07 bits per heavy atom. The van der Waals surface area contributed by atoms with Crippen molar-refractivity contribution in [3.05, 3.63) is 0 Å². The van der Waals surface area contributed by atoms with Crippen molar-refractivity contribution >= 4 is 24.1 Å². The zero-order valence-electron chi connectivity index (χ0n) is 8.63. The number of aliphatic carboxylic acids is 1. The molecule has 0 aromatic heterocycles. The molecule has 0 radical (unpaired) electrons. The van der Waals surface area contributed by atoms with Gasteiger partial charge in [-0.3, -0.25) is 4.79 Å². The summed E-state index contributed by atoms with van der Waals surface area (Å²) >= 11 is 1.33. The maximum atomic E-state index is 10.6. The molecule has 1 unspecified atom stereocenters. The number of hydrogen-bond donors (Lipinski definition) is 2. The Hall–Kier alpha value is -0.790. The standard InChI is InChI=1S/C8H15NO5S/c1-13-7(14-2)4-15-3-6(8(11)12)9-5-10/h5-7H,3-4H2,1-2H3,(H,9,10)(H,11,12). The molecule has 0 aromatic carbocycles. The van der Waals surface area contributed by atoms with Crippen LogP contribution in [0.15, 0.2) is 0 Å². The van der Waals surface area contributed by atoms with Crippen LogP contribution in [0.1, 0.15) is 0 Å². The number of amides is 1. The molecule has 0 fully saturated rings. The second-order valence-electron chi connectivity index (χ2n) is 2.61. The second kappa shape index (κ2) is 8.51.